The van der Waals surface area contributed by atoms with Crippen LogP contribution < -0.4 is 5.73 Å². The van der Waals surface area contributed by atoms with Gasteiger partial charge in [0.1, 0.15) is 17.9 Å². The molecule has 2 heterocycles. The second-order valence-electron chi connectivity index (χ2n) is 3.70. The number of nitrogens with two attached hydrogens (primary N) is 1. The van der Waals surface area contributed by atoms with Gasteiger partial charge in [-0.1, -0.05) is 5.21 Å². The van der Waals surface area contributed by atoms with Gasteiger partial charge in [-0.05, 0) is 12.6 Å². The molecule has 2 N–H and O–H groups in total. The molecule has 96 valence electrons. The van der Waals surface area contributed by atoms with Crippen molar-refractivity contribution in [2.45, 2.75) is 13.0 Å². The quantitative estimate of drug-likeness (QED) is 0.762. The summed E-state index contributed by atoms with van der Waals surface area (Å²) in [7, 11) is 1.33. The van der Waals surface area contributed by atoms with Gasteiger partial charge in [-0.2, -0.15) is 0 Å². The highest BCUT2D eigenvalue weighted by Crippen LogP contribution is 2.13. The van der Waals surface area contributed by atoms with E-state index in [-0.39, 0.29) is 0 Å². The van der Waals surface area contributed by atoms with E-state index in [4.69, 9.17) is 10.2 Å². The largest absolute Gasteiger partial charge is 0.466 e. The van der Waals surface area contributed by atoms with Crippen molar-refractivity contribution in [3.8, 4) is 0 Å². The molecule has 0 spiro atoms. The summed E-state index contributed by atoms with van der Waals surface area (Å²) in [4.78, 5) is 11.4. The van der Waals surface area contributed by atoms with Crippen LogP contribution in [0.15, 0.2) is 22.9 Å². The molecule has 7 heteroatoms. The molecule has 0 aliphatic carbocycles. The highest BCUT2D eigenvalue weighted by molar-refractivity contribution is 5.90. The molecule has 0 unspecified atom stereocenters. The summed E-state index contributed by atoms with van der Waals surface area (Å²) in [6.07, 6.45) is 3.89. The molecule has 0 saturated heterocycles. The smallest absolute Gasteiger partial charge is 0.341 e. The van der Waals surface area contributed by atoms with E-state index >= 15 is 0 Å². The van der Waals surface area contributed by atoms with Crippen molar-refractivity contribution in [2.24, 2.45) is 5.73 Å². The van der Waals surface area contributed by atoms with Crippen LogP contribution in [-0.2, 0) is 17.7 Å². The molecule has 7 nitrogen and oxygen atoms in total. The molecule has 0 amide bonds. The van der Waals surface area contributed by atoms with Crippen molar-refractivity contribution in [1.29, 1.82) is 0 Å². The molecule has 0 saturated carbocycles. The van der Waals surface area contributed by atoms with Crippen molar-refractivity contribution < 1.29 is 13.9 Å². The van der Waals surface area contributed by atoms with E-state index in [1.807, 2.05) is 0 Å². The molecular weight excluding hydrogens is 236 g/mol. The zero-order chi connectivity index (χ0) is 13.0. The van der Waals surface area contributed by atoms with Gasteiger partial charge in [-0.3, -0.25) is 0 Å². The summed E-state index contributed by atoms with van der Waals surface area (Å²) in [6, 6.07) is 1.57. The topological polar surface area (TPSA) is 96.2 Å². The van der Waals surface area contributed by atoms with E-state index < -0.39 is 5.97 Å². The minimum absolute atomic E-state index is 0.328. The summed E-state index contributed by atoms with van der Waals surface area (Å²) >= 11 is 0. The standard InChI is InChI=1S/C11H14N4O3/c1-17-11(16)9-3-5-18-10(9)7-15-6-8(2-4-12)13-14-15/h3,5-6H,2,4,7,12H2,1H3. The highest BCUT2D eigenvalue weighted by Gasteiger charge is 2.15. The third-order valence-electron chi connectivity index (χ3n) is 2.44. The van der Waals surface area contributed by atoms with Crippen LogP contribution in [-0.4, -0.2) is 34.6 Å². The molecular formula is C11H14N4O3. The van der Waals surface area contributed by atoms with E-state index in [0.29, 0.717) is 30.8 Å². The van der Waals surface area contributed by atoms with E-state index in [0.717, 1.165) is 5.69 Å². The Bertz CT molecular complexity index is 532. The molecule has 2 aromatic rings. The number of hydrogen-bond acceptors (Lipinski definition) is 6. The van der Waals surface area contributed by atoms with Gasteiger partial charge in [0, 0.05) is 12.6 Å². The van der Waals surface area contributed by atoms with Crippen molar-refractivity contribution in [1.82, 2.24) is 15.0 Å². The Labute approximate surface area is 104 Å². The van der Waals surface area contributed by atoms with Crippen LogP contribution in [0.1, 0.15) is 21.8 Å². The fourth-order valence-corrected chi connectivity index (χ4v) is 1.58. The first kappa shape index (κ1) is 12.3. The fourth-order valence-electron chi connectivity index (χ4n) is 1.58. The maximum Gasteiger partial charge on any atom is 0.341 e. The first-order chi connectivity index (χ1) is 8.74. The molecule has 18 heavy (non-hydrogen) atoms. The Morgan fingerprint density at radius 3 is 3.17 bits per heavy atom. The third-order valence-corrected chi connectivity index (χ3v) is 2.44. The predicted molar refractivity (Wildman–Crippen MR) is 61.9 cm³/mol. The van der Waals surface area contributed by atoms with Gasteiger partial charge in [0.25, 0.3) is 0 Å². The van der Waals surface area contributed by atoms with Crippen LogP contribution in [0, 0.1) is 0 Å². The summed E-state index contributed by atoms with van der Waals surface area (Å²) in [5.41, 5.74) is 6.64. The Kier molecular flexibility index (Phi) is 3.73. The number of aromatic nitrogens is 3. The van der Waals surface area contributed by atoms with Crippen LogP contribution in [0.25, 0.3) is 0 Å². The van der Waals surface area contributed by atoms with Gasteiger partial charge < -0.3 is 14.9 Å². The maximum atomic E-state index is 11.4. The summed E-state index contributed by atoms with van der Waals surface area (Å²) < 4.78 is 11.5. The Morgan fingerprint density at radius 2 is 2.44 bits per heavy atom. The normalized spacial score (nSPS) is 10.6. The molecule has 2 rings (SSSR count). The molecule has 2 aromatic heterocycles. The molecule has 0 aliphatic heterocycles. The predicted octanol–water partition coefficient (Wildman–Crippen LogP) is 0.207. The molecule has 0 aromatic carbocycles. The number of nitrogens with zero attached hydrogens (tertiary/aromatic N) is 3. The SMILES string of the molecule is COC(=O)c1ccoc1Cn1cc(CCN)nn1. The zero-order valence-corrected chi connectivity index (χ0v) is 10.00. The van der Waals surface area contributed by atoms with Crippen molar-refractivity contribution in [3.63, 3.8) is 0 Å². The number of rotatable bonds is 5. The third kappa shape index (κ3) is 2.57. The van der Waals surface area contributed by atoms with Gasteiger partial charge in [-0.15, -0.1) is 5.10 Å². The first-order valence-electron chi connectivity index (χ1n) is 5.48. The van der Waals surface area contributed by atoms with Crippen LogP contribution in [0.5, 0.6) is 0 Å². The Morgan fingerprint density at radius 1 is 1.61 bits per heavy atom. The summed E-state index contributed by atoms with van der Waals surface area (Å²) in [5, 5.41) is 7.89. The second kappa shape index (κ2) is 5.46. The average Bonchev–Trinajstić information content (AvgIpc) is 2.99. The van der Waals surface area contributed by atoms with Gasteiger partial charge in [-0.25, -0.2) is 9.48 Å². The lowest BCUT2D eigenvalue weighted by atomic mass is 10.2. The van der Waals surface area contributed by atoms with Crippen LogP contribution in [0.2, 0.25) is 0 Å². The summed E-state index contributed by atoms with van der Waals surface area (Å²) in [5.74, 6) is 0.0621. The van der Waals surface area contributed by atoms with Gasteiger partial charge >= 0.3 is 5.97 Å². The van der Waals surface area contributed by atoms with Crippen LogP contribution in [0.3, 0.4) is 0 Å². The fraction of sp³-hybridized carbons (Fsp3) is 0.364. The lowest BCUT2D eigenvalue weighted by Crippen LogP contribution is -2.07. The van der Waals surface area contributed by atoms with Gasteiger partial charge in [0.15, 0.2) is 0 Å². The first-order valence-corrected chi connectivity index (χ1v) is 5.48. The number of methoxy groups -OCH3 is 1. The number of ether oxygens (including phenoxy) is 1. The van der Waals surface area contributed by atoms with Gasteiger partial charge in [0.05, 0.1) is 19.1 Å². The maximum absolute atomic E-state index is 11.4. The van der Waals surface area contributed by atoms with Crippen molar-refractivity contribution >= 4 is 5.97 Å². The number of esters is 1. The van der Waals surface area contributed by atoms with Crippen molar-refractivity contribution in [2.75, 3.05) is 13.7 Å². The minimum atomic E-state index is -0.430. The minimum Gasteiger partial charge on any atom is -0.466 e. The number of carbonyl (C=O) groups is 1. The van der Waals surface area contributed by atoms with E-state index in [9.17, 15) is 4.79 Å². The van der Waals surface area contributed by atoms with Crippen LogP contribution in [0.4, 0.5) is 0 Å². The second-order valence-corrected chi connectivity index (χ2v) is 3.70. The molecule has 0 bridgehead atoms. The molecule has 0 atom stereocenters. The number of hydrogen-bond donors (Lipinski definition) is 1. The van der Waals surface area contributed by atoms with Crippen LogP contribution >= 0.6 is 0 Å². The zero-order valence-electron chi connectivity index (χ0n) is 10.00. The molecule has 0 radical (unpaired) electrons. The molecule has 0 fully saturated rings. The monoisotopic (exact) mass is 250 g/mol. The van der Waals surface area contributed by atoms with E-state index in [2.05, 4.69) is 15.0 Å². The molecule has 0 aliphatic rings. The Balaban J connectivity index is 2.13. The van der Waals surface area contributed by atoms with Gasteiger partial charge in [0.2, 0.25) is 0 Å². The lowest BCUT2D eigenvalue weighted by Gasteiger charge is -2.00. The summed E-state index contributed by atoms with van der Waals surface area (Å²) in [6.45, 7) is 0.849. The lowest BCUT2D eigenvalue weighted by molar-refractivity contribution is 0.0598. The number of carbonyl (C=O) groups excluding carboxylic acids is 1. The van der Waals surface area contributed by atoms with E-state index in [1.165, 1.54) is 13.4 Å². The highest BCUT2D eigenvalue weighted by atomic mass is 16.5. The Hall–Kier alpha value is -2.15. The average molecular weight is 250 g/mol. The van der Waals surface area contributed by atoms with E-state index in [1.54, 1.807) is 16.9 Å². The number of furan rings is 1. The van der Waals surface area contributed by atoms with Crippen molar-refractivity contribution in [3.05, 3.63) is 35.5 Å².